The second kappa shape index (κ2) is 7.32. The summed E-state index contributed by atoms with van der Waals surface area (Å²) in [4.78, 5) is 28.8. The average molecular weight is 331 g/mol. The molecule has 2 aliphatic rings. The van der Waals surface area contributed by atoms with Crippen molar-refractivity contribution in [1.29, 1.82) is 0 Å². The number of hydrogen-bond donors (Lipinski definition) is 1. The number of nitrogens with zero attached hydrogens (tertiary/aromatic N) is 2. The molecule has 2 aliphatic heterocycles. The zero-order valence-corrected chi connectivity index (χ0v) is 14.3. The number of hydrogen-bond acceptors (Lipinski definition) is 4. The highest BCUT2D eigenvalue weighted by molar-refractivity contribution is 5.94. The third kappa shape index (κ3) is 3.60. The van der Waals surface area contributed by atoms with Crippen LogP contribution in [-0.2, 0) is 9.53 Å². The standard InChI is InChI=1S/C18H25N3O3/c1-13-3-5-15(6-4-13)17(22)20-8-10-21(11-9-20)18(23)16-14(2)24-12-7-19-16/h3-6,14,16,19H,7-12H2,1-2H3/t14-,16+/m1/s1. The molecule has 6 nitrogen and oxygen atoms in total. The molecule has 0 spiro atoms. The van der Waals surface area contributed by atoms with Crippen LogP contribution in [0.5, 0.6) is 0 Å². The lowest BCUT2D eigenvalue weighted by molar-refractivity contribution is -0.140. The summed E-state index contributed by atoms with van der Waals surface area (Å²) in [6.45, 7) is 7.55. The Balaban J connectivity index is 1.56. The minimum absolute atomic E-state index is 0.0367. The van der Waals surface area contributed by atoms with E-state index in [1.807, 2.05) is 47.9 Å². The molecule has 2 heterocycles. The Hall–Kier alpha value is -1.92. The van der Waals surface area contributed by atoms with Crippen LogP contribution < -0.4 is 5.32 Å². The van der Waals surface area contributed by atoms with Crippen molar-refractivity contribution in [2.45, 2.75) is 26.0 Å². The van der Waals surface area contributed by atoms with Crippen molar-refractivity contribution in [3.8, 4) is 0 Å². The molecule has 130 valence electrons. The number of rotatable bonds is 2. The summed E-state index contributed by atoms with van der Waals surface area (Å²) in [5.74, 6) is 0.110. The van der Waals surface area contributed by atoms with Crippen LogP contribution >= 0.6 is 0 Å². The van der Waals surface area contributed by atoms with Crippen molar-refractivity contribution < 1.29 is 14.3 Å². The highest BCUT2D eigenvalue weighted by Crippen LogP contribution is 2.13. The Morgan fingerprint density at radius 1 is 1.08 bits per heavy atom. The number of ether oxygens (including phenoxy) is 1. The lowest BCUT2D eigenvalue weighted by atomic mass is 10.1. The molecule has 0 bridgehead atoms. The summed E-state index contributed by atoms with van der Waals surface area (Å²) in [5, 5.41) is 3.23. The first-order valence-corrected chi connectivity index (χ1v) is 8.56. The maximum absolute atomic E-state index is 12.6. The van der Waals surface area contributed by atoms with Gasteiger partial charge >= 0.3 is 0 Å². The fourth-order valence-electron chi connectivity index (χ4n) is 3.21. The molecular weight excluding hydrogens is 306 g/mol. The van der Waals surface area contributed by atoms with Crippen LogP contribution in [0.4, 0.5) is 0 Å². The Morgan fingerprint density at radius 3 is 2.33 bits per heavy atom. The molecule has 2 fully saturated rings. The summed E-state index contributed by atoms with van der Waals surface area (Å²) in [5.41, 5.74) is 1.84. The van der Waals surface area contributed by atoms with Crippen molar-refractivity contribution >= 4 is 11.8 Å². The van der Waals surface area contributed by atoms with E-state index in [-0.39, 0.29) is 24.0 Å². The number of carbonyl (C=O) groups is 2. The Labute approximate surface area is 142 Å². The molecule has 2 atom stereocenters. The first kappa shape index (κ1) is 16.9. The van der Waals surface area contributed by atoms with Gasteiger partial charge in [0.2, 0.25) is 5.91 Å². The van der Waals surface area contributed by atoms with E-state index in [1.54, 1.807) is 0 Å². The van der Waals surface area contributed by atoms with E-state index in [4.69, 9.17) is 4.74 Å². The maximum Gasteiger partial charge on any atom is 0.253 e. The third-order valence-electron chi connectivity index (χ3n) is 4.76. The molecule has 2 saturated heterocycles. The highest BCUT2D eigenvalue weighted by atomic mass is 16.5. The van der Waals surface area contributed by atoms with E-state index in [0.29, 0.717) is 44.9 Å². The summed E-state index contributed by atoms with van der Waals surface area (Å²) in [6, 6.07) is 7.34. The van der Waals surface area contributed by atoms with Crippen molar-refractivity contribution in [3.63, 3.8) is 0 Å². The summed E-state index contributed by atoms with van der Waals surface area (Å²) < 4.78 is 5.55. The first-order chi connectivity index (χ1) is 11.6. The SMILES string of the molecule is Cc1ccc(C(=O)N2CCN(C(=O)[C@H]3NCCO[C@@H]3C)CC2)cc1. The fourth-order valence-corrected chi connectivity index (χ4v) is 3.21. The monoisotopic (exact) mass is 331 g/mol. The minimum Gasteiger partial charge on any atom is -0.375 e. The van der Waals surface area contributed by atoms with Crippen LogP contribution in [0.1, 0.15) is 22.8 Å². The molecule has 1 N–H and O–H groups in total. The second-order valence-electron chi connectivity index (χ2n) is 6.49. The number of aryl methyl sites for hydroxylation is 1. The predicted molar refractivity (Wildman–Crippen MR) is 90.9 cm³/mol. The van der Waals surface area contributed by atoms with Gasteiger partial charge in [-0.25, -0.2) is 0 Å². The smallest absolute Gasteiger partial charge is 0.253 e. The van der Waals surface area contributed by atoms with Crippen LogP contribution in [0.25, 0.3) is 0 Å². The number of benzene rings is 1. The van der Waals surface area contributed by atoms with E-state index < -0.39 is 0 Å². The molecule has 2 amide bonds. The van der Waals surface area contributed by atoms with Crippen LogP contribution in [0, 0.1) is 6.92 Å². The molecule has 1 aromatic rings. The van der Waals surface area contributed by atoms with Crippen LogP contribution in [-0.4, -0.2) is 73.1 Å². The lowest BCUT2D eigenvalue weighted by Crippen LogP contribution is -2.60. The van der Waals surface area contributed by atoms with E-state index in [1.165, 1.54) is 0 Å². The van der Waals surface area contributed by atoms with Gasteiger partial charge in [0.1, 0.15) is 6.04 Å². The Kier molecular flexibility index (Phi) is 5.16. The van der Waals surface area contributed by atoms with Crippen molar-refractivity contribution in [1.82, 2.24) is 15.1 Å². The normalized spacial score (nSPS) is 24.8. The quantitative estimate of drug-likeness (QED) is 0.865. The van der Waals surface area contributed by atoms with Crippen molar-refractivity contribution in [3.05, 3.63) is 35.4 Å². The Bertz CT molecular complexity index is 594. The molecule has 0 saturated carbocycles. The molecule has 6 heteroatoms. The van der Waals surface area contributed by atoms with Gasteiger partial charge in [0.15, 0.2) is 0 Å². The third-order valence-corrected chi connectivity index (χ3v) is 4.76. The van der Waals surface area contributed by atoms with Gasteiger partial charge in [-0.2, -0.15) is 0 Å². The average Bonchev–Trinajstić information content (AvgIpc) is 2.62. The number of piperazine rings is 1. The van der Waals surface area contributed by atoms with Gasteiger partial charge in [0.25, 0.3) is 5.91 Å². The number of nitrogens with one attached hydrogen (secondary N) is 1. The van der Waals surface area contributed by atoms with E-state index >= 15 is 0 Å². The maximum atomic E-state index is 12.6. The van der Waals surface area contributed by atoms with Gasteiger partial charge in [-0.15, -0.1) is 0 Å². The molecule has 3 rings (SSSR count). The topological polar surface area (TPSA) is 61.9 Å². The number of amides is 2. The first-order valence-electron chi connectivity index (χ1n) is 8.56. The molecule has 0 aromatic heterocycles. The van der Waals surface area contributed by atoms with Gasteiger partial charge in [-0.05, 0) is 26.0 Å². The molecule has 0 unspecified atom stereocenters. The van der Waals surface area contributed by atoms with Gasteiger partial charge in [0.05, 0.1) is 12.7 Å². The predicted octanol–water partition coefficient (Wildman–Crippen LogP) is 0.656. The summed E-state index contributed by atoms with van der Waals surface area (Å²) in [6.07, 6.45) is -0.113. The van der Waals surface area contributed by atoms with Crippen LogP contribution in [0.15, 0.2) is 24.3 Å². The van der Waals surface area contributed by atoms with Crippen LogP contribution in [0.2, 0.25) is 0 Å². The lowest BCUT2D eigenvalue weighted by Gasteiger charge is -2.38. The molecular formula is C18H25N3O3. The molecule has 0 aliphatic carbocycles. The largest absolute Gasteiger partial charge is 0.375 e. The zero-order chi connectivity index (χ0) is 17.1. The molecule has 0 radical (unpaired) electrons. The van der Waals surface area contributed by atoms with E-state index in [0.717, 1.165) is 5.56 Å². The van der Waals surface area contributed by atoms with Gasteiger partial charge in [0, 0.05) is 38.3 Å². The highest BCUT2D eigenvalue weighted by Gasteiger charge is 2.33. The van der Waals surface area contributed by atoms with Crippen molar-refractivity contribution in [2.75, 3.05) is 39.3 Å². The van der Waals surface area contributed by atoms with Crippen LogP contribution in [0.3, 0.4) is 0 Å². The van der Waals surface area contributed by atoms with Gasteiger partial charge in [-0.1, -0.05) is 17.7 Å². The number of carbonyl (C=O) groups excluding carboxylic acids is 2. The minimum atomic E-state index is -0.280. The number of morpholine rings is 1. The Morgan fingerprint density at radius 2 is 1.71 bits per heavy atom. The zero-order valence-electron chi connectivity index (χ0n) is 14.3. The van der Waals surface area contributed by atoms with Crippen molar-refractivity contribution in [2.24, 2.45) is 0 Å². The molecule has 24 heavy (non-hydrogen) atoms. The molecule has 1 aromatic carbocycles. The summed E-state index contributed by atoms with van der Waals surface area (Å²) in [7, 11) is 0. The van der Waals surface area contributed by atoms with E-state index in [9.17, 15) is 9.59 Å². The van der Waals surface area contributed by atoms with Gasteiger partial charge < -0.3 is 19.9 Å². The summed E-state index contributed by atoms with van der Waals surface area (Å²) >= 11 is 0. The van der Waals surface area contributed by atoms with E-state index in [2.05, 4.69) is 5.32 Å². The fraction of sp³-hybridized carbons (Fsp3) is 0.556. The second-order valence-corrected chi connectivity index (χ2v) is 6.49. The van der Waals surface area contributed by atoms with Gasteiger partial charge in [-0.3, -0.25) is 9.59 Å².